The number of halogens is 2. The molecule has 0 aliphatic heterocycles. The van der Waals surface area contributed by atoms with Crippen LogP contribution in [0.1, 0.15) is 10.4 Å². The lowest BCUT2D eigenvalue weighted by molar-refractivity contribution is 0.0879. The molecule has 0 aromatic heterocycles. The number of amides is 1. The van der Waals surface area contributed by atoms with E-state index < -0.39 is 11.9 Å². The standard InChI is InChI=1S/C10H12Cl2N2O3/c11-7-1-5(2-8(13)9(7)12)10(17)14-6(3-15)4-16/h1-2,6,15-16H,3-4,13H2,(H,14,17). The second-order valence-corrected chi connectivity index (χ2v) is 4.18. The molecule has 0 aliphatic carbocycles. The molecule has 0 bridgehead atoms. The van der Waals surface area contributed by atoms with E-state index in [2.05, 4.69) is 5.32 Å². The highest BCUT2D eigenvalue weighted by Crippen LogP contribution is 2.29. The average Bonchev–Trinajstić information content (AvgIpc) is 2.31. The van der Waals surface area contributed by atoms with Gasteiger partial charge in [0.2, 0.25) is 0 Å². The van der Waals surface area contributed by atoms with Crippen LogP contribution in [-0.4, -0.2) is 35.4 Å². The van der Waals surface area contributed by atoms with Crippen LogP contribution in [-0.2, 0) is 0 Å². The molecule has 0 aliphatic rings. The van der Waals surface area contributed by atoms with E-state index in [4.69, 9.17) is 39.1 Å². The number of hydrogen-bond acceptors (Lipinski definition) is 4. The predicted octanol–water partition coefficient (Wildman–Crippen LogP) is 0.659. The smallest absolute Gasteiger partial charge is 0.251 e. The Morgan fingerprint density at radius 1 is 1.35 bits per heavy atom. The zero-order chi connectivity index (χ0) is 13.0. The Hall–Kier alpha value is -1.01. The molecule has 0 unspecified atom stereocenters. The SMILES string of the molecule is Nc1cc(C(=O)NC(CO)CO)cc(Cl)c1Cl. The van der Waals surface area contributed by atoms with Crippen molar-refractivity contribution in [1.29, 1.82) is 0 Å². The van der Waals surface area contributed by atoms with Crippen molar-refractivity contribution in [1.82, 2.24) is 5.32 Å². The van der Waals surface area contributed by atoms with E-state index in [0.29, 0.717) is 0 Å². The van der Waals surface area contributed by atoms with Gasteiger partial charge in [0.1, 0.15) is 0 Å². The molecule has 7 heteroatoms. The van der Waals surface area contributed by atoms with Gasteiger partial charge in [-0.15, -0.1) is 0 Å². The predicted molar refractivity (Wildman–Crippen MR) is 66.3 cm³/mol. The molecule has 0 radical (unpaired) electrons. The number of aliphatic hydroxyl groups excluding tert-OH is 2. The summed E-state index contributed by atoms with van der Waals surface area (Å²) in [5, 5.41) is 20.4. The molecule has 1 aromatic carbocycles. The average molecular weight is 279 g/mol. The monoisotopic (exact) mass is 278 g/mol. The van der Waals surface area contributed by atoms with Crippen LogP contribution in [0.4, 0.5) is 5.69 Å². The van der Waals surface area contributed by atoms with E-state index in [1.54, 1.807) is 0 Å². The topological polar surface area (TPSA) is 95.6 Å². The number of hydrogen-bond donors (Lipinski definition) is 4. The second-order valence-electron chi connectivity index (χ2n) is 3.40. The van der Waals surface area contributed by atoms with E-state index >= 15 is 0 Å². The van der Waals surface area contributed by atoms with E-state index in [1.165, 1.54) is 12.1 Å². The number of nitrogens with two attached hydrogens (primary N) is 1. The van der Waals surface area contributed by atoms with Gasteiger partial charge in [-0.05, 0) is 12.1 Å². The third kappa shape index (κ3) is 3.47. The lowest BCUT2D eigenvalue weighted by Crippen LogP contribution is -2.40. The minimum absolute atomic E-state index is 0.168. The molecule has 5 N–H and O–H groups in total. The summed E-state index contributed by atoms with van der Waals surface area (Å²) in [5.41, 5.74) is 5.96. The summed E-state index contributed by atoms with van der Waals surface area (Å²) in [6.45, 7) is -0.724. The molecule has 1 amide bonds. The van der Waals surface area contributed by atoms with Crippen molar-refractivity contribution >= 4 is 34.8 Å². The molecule has 0 fully saturated rings. The van der Waals surface area contributed by atoms with Gasteiger partial charge < -0.3 is 21.3 Å². The van der Waals surface area contributed by atoms with Gasteiger partial charge in [0, 0.05) is 5.56 Å². The summed E-state index contributed by atoms with van der Waals surface area (Å²) in [4.78, 5) is 11.7. The fourth-order valence-electron chi connectivity index (χ4n) is 1.16. The first-order chi connectivity index (χ1) is 7.99. The normalized spacial score (nSPS) is 10.6. The van der Waals surface area contributed by atoms with Gasteiger partial charge in [-0.1, -0.05) is 23.2 Å². The van der Waals surface area contributed by atoms with Gasteiger partial charge in [-0.2, -0.15) is 0 Å². The van der Waals surface area contributed by atoms with Crippen molar-refractivity contribution in [3.63, 3.8) is 0 Å². The lowest BCUT2D eigenvalue weighted by atomic mass is 10.1. The summed E-state index contributed by atoms with van der Waals surface area (Å²) in [5.74, 6) is -0.497. The van der Waals surface area contributed by atoms with Gasteiger partial charge in [0.25, 0.3) is 5.91 Å². The molecule has 5 nitrogen and oxygen atoms in total. The first kappa shape index (κ1) is 14.1. The quantitative estimate of drug-likeness (QED) is 0.609. The van der Waals surface area contributed by atoms with Crippen LogP contribution < -0.4 is 11.1 Å². The zero-order valence-electron chi connectivity index (χ0n) is 8.78. The highest BCUT2D eigenvalue weighted by Gasteiger charge is 2.14. The molecule has 0 saturated carbocycles. The minimum Gasteiger partial charge on any atom is -0.397 e. The zero-order valence-corrected chi connectivity index (χ0v) is 10.3. The molecule has 94 valence electrons. The number of carbonyl (C=O) groups excluding carboxylic acids is 1. The third-order valence-electron chi connectivity index (χ3n) is 2.09. The van der Waals surface area contributed by atoms with Crippen molar-refractivity contribution in [2.75, 3.05) is 18.9 Å². The fraction of sp³-hybridized carbons (Fsp3) is 0.300. The molecule has 0 atom stereocenters. The van der Waals surface area contributed by atoms with Gasteiger partial charge in [0.15, 0.2) is 0 Å². The fourth-order valence-corrected chi connectivity index (χ4v) is 1.49. The highest BCUT2D eigenvalue weighted by molar-refractivity contribution is 6.43. The maximum absolute atomic E-state index is 11.7. The van der Waals surface area contributed by atoms with Crippen molar-refractivity contribution < 1.29 is 15.0 Å². The van der Waals surface area contributed by atoms with Crippen LogP contribution in [0.5, 0.6) is 0 Å². The summed E-state index contributed by atoms with van der Waals surface area (Å²) in [7, 11) is 0. The lowest BCUT2D eigenvalue weighted by Gasteiger charge is -2.14. The number of rotatable bonds is 4. The molecule has 0 spiro atoms. The first-order valence-electron chi connectivity index (χ1n) is 4.76. The molecular weight excluding hydrogens is 267 g/mol. The number of anilines is 1. The van der Waals surface area contributed by atoms with Crippen molar-refractivity contribution in [2.24, 2.45) is 0 Å². The first-order valence-corrected chi connectivity index (χ1v) is 5.52. The number of benzene rings is 1. The molecule has 1 rings (SSSR count). The van der Waals surface area contributed by atoms with Gasteiger partial charge in [-0.3, -0.25) is 4.79 Å². The minimum atomic E-state index is -0.724. The molecule has 0 saturated heterocycles. The van der Waals surface area contributed by atoms with E-state index in [0.717, 1.165) is 0 Å². The summed E-state index contributed by atoms with van der Waals surface area (Å²) >= 11 is 11.5. The Balaban J connectivity index is 2.90. The Kier molecular flexibility index (Phi) is 5.02. The van der Waals surface area contributed by atoms with Crippen LogP contribution in [0.15, 0.2) is 12.1 Å². The second kappa shape index (κ2) is 6.07. The number of aliphatic hydroxyl groups is 2. The van der Waals surface area contributed by atoms with Crippen LogP contribution in [0, 0.1) is 0 Å². The van der Waals surface area contributed by atoms with Crippen molar-refractivity contribution in [3.8, 4) is 0 Å². The number of nitrogen functional groups attached to an aromatic ring is 1. The largest absolute Gasteiger partial charge is 0.397 e. The van der Waals surface area contributed by atoms with E-state index in [9.17, 15) is 4.79 Å². The highest BCUT2D eigenvalue weighted by atomic mass is 35.5. The maximum Gasteiger partial charge on any atom is 0.251 e. The van der Waals surface area contributed by atoms with E-state index in [1.807, 2.05) is 0 Å². The van der Waals surface area contributed by atoms with Crippen molar-refractivity contribution in [2.45, 2.75) is 6.04 Å². The Labute approximate surface area is 108 Å². The number of carbonyl (C=O) groups is 1. The van der Waals surface area contributed by atoms with Gasteiger partial charge >= 0.3 is 0 Å². The van der Waals surface area contributed by atoms with Gasteiger partial charge in [0.05, 0.1) is 35.0 Å². The van der Waals surface area contributed by atoms with Gasteiger partial charge in [-0.25, -0.2) is 0 Å². The summed E-state index contributed by atoms with van der Waals surface area (Å²) in [6, 6.07) is 2.01. The molecule has 0 heterocycles. The number of nitrogens with one attached hydrogen (secondary N) is 1. The Morgan fingerprint density at radius 3 is 2.41 bits per heavy atom. The molecule has 17 heavy (non-hydrogen) atoms. The third-order valence-corrected chi connectivity index (χ3v) is 2.91. The summed E-state index contributed by atoms with van der Waals surface area (Å²) in [6.07, 6.45) is 0. The molecule has 1 aromatic rings. The van der Waals surface area contributed by atoms with Crippen molar-refractivity contribution in [3.05, 3.63) is 27.7 Å². The summed E-state index contributed by atoms with van der Waals surface area (Å²) < 4.78 is 0. The van der Waals surface area contributed by atoms with Crippen LogP contribution in [0.3, 0.4) is 0 Å². The van der Waals surface area contributed by atoms with Crippen LogP contribution in [0.2, 0.25) is 10.0 Å². The van der Waals surface area contributed by atoms with E-state index in [-0.39, 0.29) is 34.5 Å². The Morgan fingerprint density at radius 2 is 1.94 bits per heavy atom. The molecular formula is C10H12Cl2N2O3. The van der Waals surface area contributed by atoms with Crippen LogP contribution >= 0.6 is 23.2 Å². The maximum atomic E-state index is 11.7. The van der Waals surface area contributed by atoms with Crippen LogP contribution in [0.25, 0.3) is 0 Å². The Bertz CT molecular complexity index is 399.